The van der Waals surface area contributed by atoms with Gasteiger partial charge in [0, 0.05) is 0 Å². The number of allylic oxidation sites excluding steroid dienone is 1. The van der Waals surface area contributed by atoms with Crippen molar-refractivity contribution >= 4 is 0 Å². The van der Waals surface area contributed by atoms with Gasteiger partial charge in [-0.3, -0.25) is 0 Å². The van der Waals surface area contributed by atoms with Crippen LogP contribution in [0.25, 0.3) is 0 Å². The van der Waals surface area contributed by atoms with Gasteiger partial charge in [0.05, 0.1) is 12.7 Å². The summed E-state index contributed by atoms with van der Waals surface area (Å²) in [5, 5.41) is 0. The second-order valence-electron chi connectivity index (χ2n) is 2.51. The van der Waals surface area contributed by atoms with Crippen LogP contribution in [0.3, 0.4) is 0 Å². The van der Waals surface area contributed by atoms with Crippen LogP contribution in [0, 0.1) is 0 Å². The molecule has 0 fully saturated rings. The highest BCUT2D eigenvalue weighted by Crippen LogP contribution is 2.24. The number of rotatable bonds is 0. The Hall–Kier alpha value is -0.560. The van der Waals surface area contributed by atoms with Gasteiger partial charge in [0.25, 0.3) is 0 Å². The number of hydrogen-bond donors (Lipinski definition) is 0. The predicted octanol–water partition coefficient (Wildman–Crippen LogP) is 1.66. The van der Waals surface area contributed by atoms with E-state index in [1.165, 1.54) is 18.4 Å². The molecule has 1 aliphatic heterocycles. The first-order valence-corrected chi connectivity index (χ1v) is 3.45. The van der Waals surface area contributed by atoms with Gasteiger partial charge < -0.3 is 4.74 Å². The van der Waals surface area contributed by atoms with Gasteiger partial charge in [-0.1, -0.05) is 18.2 Å². The van der Waals surface area contributed by atoms with E-state index in [4.69, 9.17) is 4.74 Å². The quantitative estimate of drug-likeness (QED) is 0.475. The third-order valence-electron chi connectivity index (χ3n) is 1.89. The van der Waals surface area contributed by atoms with Gasteiger partial charge in [0.2, 0.25) is 0 Å². The molecule has 0 radical (unpaired) electrons. The molecule has 0 spiro atoms. The number of ether oxygens (including phenoxy) is 1. The summed E-state index contributed by atoms with van der Waals surface area (Å²) in [6.07, 6.45) is 9.37. The summed E-state index contributed by atoms with van der Waals surface area (Å²) in [6, 6.07) is 0. The minimum atomic E-state index is 0.440. The monoisotopic (exact) mass is 122 g/mol. The van der Waals surface area contributed by atoms with Crippen LogP contribution in [0.15, 0.2) is 23.8 Å². The molecular formula is C8H10O. The van der Waals surface area contributed by atoms with E-state index in [1.807, 2.05) is 0 Å². The second-order valence-corrected chi connectivity index (χ2v) is 2.51. The van der Waals surface area contributed by atoms with Crippen LogP contribution in [-0.4, -0.2) is 12.7 Å². The molecule has 1 heteroatoms. The molecule has 2 aliphatic rings. The Morgan fingerprint density at radius 3 is 3.44 bits per heavy atom. The molecule has 0 saturated heterocycles. The van der Waals surface area contributed by atoms with Crippen molar-refractivity contribution in [3.05, 3.63) is 23.8 Å². The van der Waals surface area contributed by atoms with Crippen molar-refractivity contribution in [1.29, 1.82) is 0 Å². The fourth-order valence-corrected chi connectivity index (χ4v) is 1.38. The predicted molar refractivity (Wildman–Crippen MR) is 36.2 cm³/mol. The van der Waals surface area contributed by atoms with E-state index in [-0.39, 0.29) is 0 Å². The summed E-state index contributed by atoms with van der Waals surface area (Å²) in [4.78, 5) is 0. The van der Waals surface area contributed by atoms with E-state index in [1.54, 1.807) is 0 Å². The molecule has 1 heterocycles. The highest BCUT2D eigenvalue weighted by Gasteiger charge is 2.18. The molecule has 48 valence electrons. The first-order valence-electron chi connectivity index (χ1n) is 3.45. The average molecular weight is 122 g/mol. The van der Waals surface area contributed by atoms with E-state index in [9.17, 15) is 0 Å². The largest absolute Gasteiger partial charge is 0.369 e. The topological polar surface area (TPSA) is 9.23 Å². The van der Waals surface area contributed by atoms with Crippen molar-refractivity contribution < 1.29 is 4.74 Å². The van der Waals surface area contributed by atoms with Crippen LogP contribution in [0.5, 0.6) is 0 Å². The lowest BCUT2D eigenvalue weighted by Crippen LogP contribution is -2.10. The van der Waals surface area contributed by atoms with Gasteiger partial charge in [-0.15, -0.1) is 0 Å². The van der Waals surface area contributed by atoms with Crippen LogP contribution in [0.1, 0.15) is 12.8 Å². The van der Waals surface area contributed by atoms with Crippen molar-refractivity contribution in [1.82, 2.24) is 0 Å². The van der Waals surface area contributed by atoms with Crippen molar-refractivity contribution in [2.45, 2.75) is 18.9 Å². The van der Waals surface area contributed by atoms with E-state index in [0.717, 1.165) is 6.61 Å². The smallest absolute Gasteiger partial charge is 0.0829 e. The SMILES string of the molecule is C1=CC2=CCOC2CC1. The van der Waals surface area contributed by atoms with E-state index in [2.05, 4.69) is 18.2 Å². The molecule has 1 atom stereocenters. The molecule has 1 nitrogen and oxygen atoms in total. The molecule has 0 aromatic rings. The van der Waals surface area contributed by atoms with Crippen LogP contribution in [0.4, 0.5) is 0 Å². The first kappa shape index (κ1) is 5.24. The van der Waals surface area contributed by atoms with Crippen LogP contribution in [-0.2, 0) is 4.74 Å². The minimum Gasteiger partial charge on any atom is -0.369 e. The molecule has 0 aromatic heterocycles. The highest BCUT2D eigenvalue weighted by atomic mass is 16.5. The molecule has 9 heavy (non-hydrogen) atoms. The normalized spacial score (nSPS) is 32.0. The van der Waals surface area contributed by atoms with Crippen LogP contribution >= 0.6 is 0 Å². The van der Waals surface area contributed by atoms with E-state index >= 15 is 0 Å². The van der Waals surface area contributed by atoms with Crippen molar-refractivity contribution in [2.75, 3.05) is 6.61 Å². The zero-order valence-electron chi connectivity index (χ0n) is 5.34. The molecule has 0 bridgehead atoms. The molecule has 0 saturated carbocycles. The summed E-state index contributed by atoms with van der Waals surface area (Å²) in [5.41, 5.74) is 1.39. The fraction of sp³-hybridized carbons (Fsp3) is 0.500. The van der Waals surface area contributed by atoms with Gasteiger partial charge in [0.1, 0.15) is 0 Å². The summed E-state index contributed by atoms with van der Waals surface area (Å²) < 4.78 is 5.41. The zero-order valence-corrected chi connectivity index (χ0v) is 5.34. The maximum absolute atomic E-state index is 5.41. The molecule has 0 N–H and O–H groups in total. The van der Waals surface area contributed by atoms with Crippen LogP contribution < -0.4 is 0 Å². The fourth-order valence-electron chi connectivity index (χ4n) is 1.38. The van der Waals surface area contributed by atoms with Crippen molar-refractivity contribution in [3.63, 3.8) is 0 Å². The van der Waals surface area contributed by atoms with E-state index < -0.39 is 0 Å². The van der Waals surface area contributed by atoms with Gasteiger partial charge in [-0.25, -0.2) is 0 Å². The molecule has 1 unspecified atom stereocenters. The highest BCUT2D eigenvalue weighted by molar-refractivity contribution is 5.28. The van der Waals surface area contributed by atoms with Gasteiger partial charge in [-0.05, 0) is 18.4 Å². The van der Waals surface area contributed by atoms with Crippen molar-refractivity contribution in [2.24, 2.45) is 0 Å². The Bertz CT molecular complexity index is 167. The maximum Gasteiger partial charge on any atom is 0.0829 e. The summed E-state index contributed by atoms with van der Waals surface area (Å²) in [6.45, 7) is 0.824. The maximum atomic E-state index is 5.41. The molecule has 2 rings (SSSR count). The lowest BCUT2D eigenvalue weighted by molar-refractivity contribution is 0.116. The minimum absolute atomic E-state index is 0.440. The molecule has 0 amide bonds. The average Bonchev–Trinajstić information content (AvgIpc) is 2.33. The van der Waals surface area contributed by atoms with E-state index in [0.29, 0.717) is 6.10 Å². The Kier molecular flexibility index (Phi) is 1.16. The standard InChI is InChI=1S/C8H10O/c1-2-4-8-7(3-1)5-6-9-8/h1,3,5,8H,2,4,6H2. The second kappa shape index (κ2) is 1.99. The third-order valence-corrected chi connectivity index (χ3v) is 1.89. The Morgan fingerprint density at radius 2 is 2.56 bits per heavy atom. The summed E-state index contributed by atoms with van der Waals surface area (Å²) >= 11 is 0. The van der Waals surface area contributed by atoms with Gasteiger partial charge in [-0.2, -0.15) is 0 Å². The zero-order chi connectivity index (χ0) is 6.10. The Morgan fingerprint density at radius 1 is 1.56 bits per heavy atom. The van der Waals surface area contributed by atoms with Gasteiger partial charge in [0.15, 0.2) is 0 Å². The first-order chi connectivity index (χ1) is 4.47. The summed E-state index contributed by atoms with van der Waals surface area (Å²) in [7, 11) is 0. The molecule has 0 aromatic carbocycles. The number of fused-ring (bicyclic) bond motifs is 1. The van der Waals surface area contributed by atoms with Crippen LogP contribution in [0.2, 0.25) is 0 Å². The Labute approximate surface area is 55.0 Å². The van der Waals surface area contributed by atoms with Crippen molar-refractivity contribution in [3.8, 4) is 0 Å². The lowest BCUT2D eigenvalue weighted by atomic mass is 10.0. The number of hydrogen-bond acceptors (Lipinski definition) is 1. The van der Waals surface area contributed by atoms with Gasteiger partial charge >= 0.3 is 0 Å². The summed E-state index contributed by atoms with van der Waals surface area (Å²) in [5.74, 6) is 0. The third kappa shape index (κ3) is 0.815. The molecular weight excluding hydrogens is 112 g/mol. The lowest BCUT2D eigenvalue weighted by Gasteiger charge is -2.14. The Balaban J connectivity index is 2.24. The molecule has 1 aliphatic carbocycles.